The van der Waals surface area contributed by atoms with Crippen LogP contribution < -0.4 is 25.6 Å². The first-order valence-electron chi connectivity index (χ1n) is 11.9. The van der Waals surface area contributed by atoms with Gasteiger partial charge in [-0.3, -0.25) is 4.79 Å². The summed E-state index contributed by atoms with van der Waals surface area (Å²) < 4.78 is 85.7. The minimum Gasteiger partial charge on any atom is -0.433 e. The van der Waals surface area contributed by atoms with Gasteiger partial charge < -0.3 is 30.5 Å². The number of aromatic nitrogens is 2. The Morgan fingerprint density at radius 3 is 2.34 bits per heavy atom. The van der Waals surface area contributed by atoms with Crippen molar-refractivity contribution in [1.29, 1.82) is 0 Å². The third-order valence-corrected chi connectivity index (χ3v) is 5.50. The fraction of sp³-hybridized carbons (Fsp3) is 0.269. The van der Waals surface area contributed by atoms with E-state index in [2.05, 4.69) is 37.2 Å². The smallest absolute Gasteiger partial charge is 0.421 e. The van der Waals surface area contributed by atoms with Gasteiger partial charge >= 0.3 is 12.8 Å². The average Bonchev–Trinajstić information content (AvgIpc) is 2.89. The molecule has 15 heteroatoms. The van der Waals surface area contributed by atoms with Crippen LogP contribution in [0.1, 0.15) is 5.56 Å². The first-order chi connectivity index (χ1) is 19.3. The van der Waals surface area contributed by atoms with Crippen molar-refractivity contribution in [3.05, 3.63) is 66.6 Å². The summed E-state index contributed by atoms with van der Waals surface area (Å²) in [4.78, 5) is 23.3. The van der Waals surface area contributed by atoms with Crippen LogP contribution in [0, 0.1) is 5.82 Å². The number of anilines is 6. The van der Waals surface area contributed by atoms with Crippen LogP contribution in [0.15, 0.2) is 55.3 Å². The molecule has 0 bridgehead atoms. The van der Waals surface area contributed by atoms with Crippen LogP contribution in [0.2, 0.25) is 0 Å². The molecular weight excluding hydrogens is 556 g/mol. The Balaban J connectivity index is 2.08. The van der Waals surface area contributed by atoms with Gasteiger partial charge in [0.25, 0.3) is 0 Å². The van der Waals surface area contributed by atoms with Crippen molar-refractivity contribution in [2.45, 2.75) is 12.8 Å². The van der Waals surface area contributed by atoms with Gasteiger partial charge in [-0.05, 0) is 50.5 Å². The summed E-state index contributed by atoms with van der Waals surface area (Å²) in [5, 5.41) is 7.64. The highest BCUT2D eigenvalue weighted by Crippen LogP contribution is 2.40. The van der Waals surface area contributed by atoms with Crippen LogP contribution in [0.4, 0.5) is 60.9 Å². The van der Waals surface area contributed by atoms with Gasteiger partial charge in [0.1, 0.15) is 17.2 Å². The zero-order valence-corrected chi connectivity index (χ0v) is 22.2. The lowest BCUT2D eigenvalue weighted by molar-refractivity contribution is -0.137. The molecule has 3 aromatic rings. The molecule has 1 amide bonds. The molecule has 0 aliphatic carbocycles. The molecule has 220 valence electrons. The minimum atomic E-state index is -4.86. The first kappa shape index (κ1) is 31.0. The maximum Gasteiger partial charge on any atom is 0.421 e. The number of halogens is 6. The van der Waals surface area contributed by atoms with Crippen molar-refractivity contribution >= 4 is 40.4 Å². The zero-order chi connectivity index (χ0) is 30.3. The van der Waals surface area contributed by atoms with E-state index in [1.54, 1.807) is 11.9 Å². The van der Waals surface area contributed by atoms with Crippen LogP contribution in [-0.2, 0) is 11.0 Å². The van der Waals surface area contributed by atoms with Crippen molar-refractivity contribution in [1.82, 2.24) is 14.9 Å². The molecule has 0 unspecified atom stereocenters. The number of carbonyl (C=O) groups is 1. The number of nitrogens with one attached hydrogen (secondary N) is 3. The lowest BCUT2D eigenvalue weighted by atomic mass is 10.2. The molecule has 41 heavy (non-hydrogen) atoms. The maximum atomic E-state index is 13.7. The predicted octanol–water partition coefficient (Wildman–Crippen LogP) is 5.85. The van der Waals surface area contributed by atoms with Crippen molar-refractivity contribution in [3.8, 4) is 5.75 Å². The van der Waals surface area contributed by atoms with E-state index in [-0.39, 0.29) is 22.8 Å². The van der Waals surface area contributed by atoms with Gasteiger partial charge in [0.15, 0.2) is 5.75 Å². The molecule has 0 saturated heterocycles. The number of nitrogens with zero attached hydrogens (tertiary/aromatic N) is 4. The van der Waals surface area contributed by atoms with E-state index in [1.807, 2.05) is 19.0 Å². The molecule has 3 rings (SSSR count). The van der Waals surface area contributed by atoms with Crippen molar-refractivity contribution in [2.24, 2.45) is 0 Å². The highest BCUT2D eigenvalue weighted by atomic mass is 19.4. The van der Waals surface area contributed by atoms with Gasteiger partial charge in [0.2, 0.25) is 11.9 Å². The second kappa shape index (κ2) is 13.2. The molecule has 0 atom stereocenters. The number of benzene rings is 2. The van der Waals surface area contributed by atoms with E-state index in [1.165, 1.54) is 24.3 Å². The quantitative estimate of drug-likeness (QED) is 0.181. The number of rotatable bonds is 12. The Kier molecular flexibility index (Phi) is 9.99. The Morgan fingerprint density at radius 1 is 1.07 bits per heavy atom. The number of likely N-dealkylation sites (N-methyl/N-ethyl adjacent to an activating group) is 2. The molecule has 0 spiro atoms. The Bertz CT molecular complexity index is 1370. The molecule has 0 aliphatic rings. The molecule has 0 radical (unpaired) electrons. The number of amides is 1. The van der Waals surface area contributed by atoms with Gasteiger partial charge in [-0.25, -0.2) is 9.37 Å². The Morgan fingerprint density at radius 2 is 1.76 bits per heavy atom. The third kappa shape index (κ3) is 8.73. The van der Waals surface area contributed by atoms with Crippen molar-refractivity contribution in [3.63, 3.8) is 0 Å². The van der Waals surface area contributed by atoms with Gasteiger partial charge in [-0.1, -0.05) is 6.58 Å². The topological polar surface area (TPSA) is 94.6 Å². The van der Waals surface area contributed by atoms with Gasteiger partial charge in [0, 0.05) is 38.1 Å². The monoisotopic (exact) mass is 583 g/mol. The molecular formula is C26H27F6N7O2. The summed E-state index contributed by atoms with van der Waals surface area (Å²) in [6.45, 7) is 1.17. The van der Waals surface area contributed by atoms with E-state index in [9.17, 15) is 31.1 Å². The summed E-state index contributed by atoms with van der Waals surface area (Å²) >= 11 is 0. The summed E-state index contributed by atoms with van der Waals surface area (Å²) in [7, 11) is 5.36. The summed E-state index contributed by atoms with van der Waals surface area (Å²) in [5.41, 5.74) is -0.829. The van der Waals surface area contributed by atoms with Gasteiger partial charge in [-0.2, -0.15) is 26.9 Å². The van der Waals surface area contributed by atoms with Gasteiger partial charge in [-0.15, -0.1) is 0 Å². The molecule has 0 fully saturated rings. The second-order valence-electron chi connectivity index (χ2n) is 8.87. The molecule has 9 nitrogen and oxygen atoms in total. The lowest BCUT2D eigenvalue weighted by Gasteiger charge is -2.26. The molecule has 0 saturated carbocycles. The summed E-state index contributed by atoms with van der Waals surface area (Å²) in [6.07, 6.45) is -3.35. The predicted molar refractivity (Wildman–Crippen MR) is 144 cm³/mol. The standard InChI is InChI=1S/C26H27F6N7O2/c1-5-22(40)35-18-12-19(21(41-24(28)29)13-20(18)39(4)11-10-38(2)3)36-25-33-14-17(26(30,31)32)23(37-25)34-16-8-6-15(27)7-9-16/h5-9,12-14,24H,1,10-11H2,2-4H3,(H,35,40)(H2,33,34,36,37). The second-order valence-corrected chi connectivity index (χ2v) is 8.87. The van der Waals surface area contributed by atoms with Crippen molar-refractivity contribution < 1.29 is 35.9 Å². The highest BCUT2D eigenvalue weighted by molar-refractivity contribution is 6.02. The Labute approximate surface area is 231 Å². The number of carbonyl (C=O) groups excluding carboxylic acids is 1. The average molecular weight is 584 g/mol. The SMILES string of the molecule is C=CC(=O)Nc1cc(Nc2ncc(C(F)(F)F)c(Nc3ccc(F)cc3)n2)c(OC(F)F)cc1N(C)CCN(C)C. The fourth-order valence-corrected chi connectivity index (χ4v) is 3.47. The minimum absolute atomic E-state index is 0.0998. The molecule has 2 aromatic carbocycles. The summed E-state index contributed by atoms with van der Waals surface area (Å²) in [6, 6.07) is 7.00. The summed E-state index contributed by atoms with van der Waals surface area (Å²) in [5.74, 6) is -2.69. The largest absolute Gasteiger partial charge is 0.433 e. The number of alkyl halides is 5. The fourth-order valence-electron chi connectivity index (χ4n) is 3.47. The normalized spacial score (nSPS) is 11.4. The van der Waals surface area contributed by atoms with Crippen LogP contribution in [-0.4, -0.2) is 61.6 Å². The van der Waals surface area contributed by atoms with E-state index < -0.39 is 41.8 Å². The van der Waals surface area contributed by atoms with E-state index in [0.29, 0.717) is 25.0 Å². The zero-order valence-electron chi connectivity index (χ0n) is 22.2. The Hall–Kier alpha value is -4.53. The number of hydrogen-bond donors (Lipinski definition) is 3. The van der Waals surface area contributed by atoms with E-state index in [0.717, 1.165) is 18.2 Å². The van der Waals surface area contributed by atoms with Crippen LogP contribution in [0.5, 0.6) is 5.75 Å². The van der Waals surface area contributed by atoms with Crippen LogP contribution in [0.3, 0.4) is 0 Å². The van der Waals surface area contributed by atoms with Gasteiger partial charge in [0.05, 0.1) is 17.1 Å². The maximum absolute atomic E-state index is 13.7. The van der Waals surface area contributed by atoms with Crippen LogP contribution >= 0.6 is 0 Å². The molecule has 1 heterocycles. The molecule has 0 aliphatic heterocycles. The van der Waals surface area contributed by atoms with Crippen molar-refractivity contribution in [2.75, 3.05) is 55.1 Å². The highest BCUT2D eigenvalue weighted by Gasteiger charge is 2.35. The number of ether oxygens (including phenoxy) is 1. The lowest BCUT2D eigenvalue weighted by Crippen LogP contribution is -2.29. The molecule has 3 N–H and O–H groups in total. The van der Waals surface area contributed by atoms with E-state index >= 15 is 0 Å². The number of hydrogen-bond acceptors (Lipinski definition) is 8. The first-order valence-corrected chi connectivity index (χ1v) is 11.9. The molecule has 1 aromatic heterocycles. The third-order valence-electron chi connectivity index (χ3n) is 5.50. The van der Waals surface area contributed by atoms with Crippen LogP contribution in [0.25, 0.3) is 0 Å². The van der Waals surface area contributed by atoms with E-state index in [4.69, 9.17) is 0 Å².